The number of aromatic amines is 1. The van der Waals surface area contributed by atoms with E-state index >= 15 is 0 Å². The number of allylic oxidation sites excluding steroid dienone is 1. The van der Waals surface area contributed by atoms with Gasteiger partial charge in [0.2, 0.25) is 11.6 Å². The summed E-state index contributed by atoms with van der Waals surface area (Å²) in [5.74, 6) is -2.56. The largest absolute Gasteiger partial charge is 0.308 e. The van der Waals surface area contributed by atoms with Gasteiger partial charge >= 0.3 is 5.92 Å². The molecule has 1 N–H and O–H groups in total. The van der Waals surface area contributed by atoms with Crippen LogP contribution in [0.5, 0.6) is 0 Å². The molecule has 7 nitrogen and oxygen atoms in total. The Bertz CT molecular complexity index is 1200. The van der Waals surface area contributed by atoms with Crippen molar-refractivity contribution in [1.29, 1.82) is 0 Å². The van der Waals surface area contributed by atoms with Gasteiger partial charge in [-0.25, -0.2) is 9.67 Å². The number of nitrogens with one attached hydrogen (secondary N) is 1. The second kappa shape index (κ2) is 9.17. The van der Waals surface area contributed by atoms with Gasteiger partial charge in [-0.2, -0.15) is 14.0 Å². The molecule has 32 heavy (non-hydrogen) atoms. The van der Waals surface area contributed by atoms with E-state index in [-0.39, 0.29) is 6.42 Å². The molecule has 0 fully saturated rings. The molecule has 0 spiro atoms. The van der Waals surface area contributed by atoms with Crippen molar-refractivity contribution in [2.75, 3.05) is 0 Å². The fourth-order valence-corrected chi connectivity index (χ4v) is 3.30. The van der Waals surface area contributed by atoms with Crippen molar-refractivity contribution in [1.82, 2.24) is 35.4 Å². The average Bonchev–Trinajstić information content (AvgIpc) is 3.49. The molecule has 9 heteroatoms. The van der Waals surface area contributed by atoms with Gasteiger partial charge < -0.3 is 0 Å². The maximum Gasteiger partial charge on any atom is 0.308 e. The summed E-state index contributed by atoms with van der Waals surface area (Å²) in [6.45, 7) is 3.74. The van der Waals surface area contributed by atoms with E-state index in [9.17, 15) is 8.78 Å². The topological polar surface area (TPSA) is 85.2 Å². The molecule has 0 aliphatic heterocycles. The number of halogens is 2. The van der Waals surface area contributed by atoms with Crippen LogP contribution in [0.2, 0.25) is 0 Å². The normalized spacial score (nSPS) is 12.0. The second-order valence-corrected chi connectivity index (χ2v) is 7.30. The Morgan fingerprint density at radius 3 is 2.44 bits per heavy atom. The number of tetrazole rings is 1. The molecule has 0 saturated carbocycles. The predicted molar refractivity (Wildman–Crippen MR) is 118 cm³/mol. The quantitative estimate of drug-likeness (QED) is 0.416. The Morgan fingerprint density at radius 1 is 1.03 bits per heavy atom. The highest BCUT2D eigenvalue weighted by Crippen LogP contribution is 2.31. The van der Waals surface area contributed by atoms with E-state index in [0.29, 0.717) is 18.2 Å². The minimum absolute atomic E-state index is 0.336. The maximum atomic E-state index is 14.2. The SMILES string of the molecule is CCC=Cc1nc(C(F)(F)CC)nn1Cc1ccc(-c2ccccc2-c2nn[nH]n2)cc1. The Hall–Kier alpha value is -3.75. The van der Waals surface area contributed by atoms with E-state index in [2.05, 4.69) is 30.7 Å². The molecule has 0 bridgehead atoms. The smallest absolute Gasteiger partial charge is 0.241 e. The monoisotopic (exact) mass is 435 g/mol. The molecule has 0 amide bonds. The fraction of sp³-hybridized carbons (Fsp3) is 0.261. The molecule has 2 aromatic carbocycles. The van der Waals surface area contributed by atoms with E-state index in [1.165, 1.54) is 11.6 Å². The molecule has 2 aromatic heterocycles. The van der Waals surface area contributed by atoms with Crippen LogP contribution in [-0.4, -0.2) is 35.4 Å². The maximum absolute atomic E-state index is 14.2. The van der Waals surface area contributed by atoms with Gasteiger partial charge in [-0.1, -0.05) is 68.5 Å². The molecule has 0 unspecified atom stereocenters. The number of hydrogen-bond donors (Lipinski definition) is 1. The lowest BCUT2D eigenvalue weighted by molar-refractivity contribution is -0.0176. The van der Waals surface area contributed by atoms with Crippen molar-refractivity contribution in [2.24, 2.45) is 0 Å². The molecular weight excluding hydrogens is 412 g/mol. The number of rotatable bonds is 8. The Labute approximate surface area is 184 Å². The third kappa shape index (κ3) is 4.46. The number of H-pyrrole nitrogens is 1. The van der Waals surface area contributed by atoms with Gasteiger partial charge in [-0.15, -0.1) is 15.3 Å². The zero-order valence-corrected chi connectivity index (χ0v) is 17.8. The lowest BCUT2D eigenvalue weighted by atomic mass is 9.98. The van der Waals surface area contributed by atoms with Gasteiger partial charge in [0.15, 0.2) is 5.82 Å². The van der Waals surface area contributed by atoms with Crippen LogP contribution < -0.4 is 0 Å². The number of benzene rings is 2. The van der Waals surface area contributed by atoms with Crippen LogP contribution in [0, 0.1) is 0 Å². The van der Waals surface area contributed by atoms with E-state index in [4.69, 9.17) is 0 Å². The summed E-state index contributed by atoms with van der Waals surface area (Å²) in [6.07, 6.45) is 4.05. The number of nitrogens with zero attached hydrogens (tertiary/aromatic N) is 6. The molecule has 0 aliphatic rings. The summed E-state index contributed by atoms with van der Waals surface area (Å²) in [6, 6.07) is 15.7. The first-order valence-corrected chi connectivity index (χ1v) is 10.4. The zero-order valence-electron chi connectivity index (χ0n) is 17.8. The van der Waals surface area contributed by atoms with Crippen LogP contribution in [0.4, 0.5) is 8.78 Å². The second-order valence-electron chi connectivity index (χ2n) is 7.30. The van der Waals surface area contributed by atoms with E-state index in [1.807, 2.05) is 61.5 Å². The van der Waals surface area contributed by atoms with Crippen LogP contribution in [0.25, 0.3) is 28.6 Å². The van der Waals surface area contributed by atoms with Crippen molar-refractivity contribution >= 4 is 6.08 Å². The van der Waals surface area contributed by atoms with Crippen molar-refractivity contribution in [3.63, 3.8) is 0 Å². The molecule has 4 rings (SSSR count). The highest BCUT2D eigenvalue weighted by atomic mass is 19.3. The van der Waals surface area contributed by atoms with Gasteiger partial charge in [-0.3, -0.25) is 0 Å². The van der Waals surface area contributed by atoms with Gasteiger partial charge in [0.05, 0.1) is 6.54 Å². The van der Waals surface area contributed by atoms with E-state index in [1.54, 1.807) is 6.08 Å². The molecule has 4 aromatic rings. The lowest BCUT2D eigenvalue weighted by Gasteiger charge is -2.09. The first kappa shape index (κ1) is 21.5. The molecule has 2 heterocycles. The fourth-order valence-electron chi connectivity index (χ4n) is 3.30. The molecule has 0 saturated heterocycles. The standard InChI is InChI=1S/C23H23F2N7/c1-3-5-10-20-26-22(23(24,25)4-2)29-32(20)15-16-11-13-17(14-12-16)18-8-6-7-9-19(18)21-27-30-31-28-21/h5-14H,3-4,15H2,1-2H3,(H,27,28,30,31). The summed E-state index contributed by atoms with van der Waals surface area (Å²) in [5, 5.41) is 18.4. The predicted octanol–water partition coefficient (Wildman–Crippen LogP) is 5.10. The van der Waals surface area contributed by atoms with Crippen LogP contribution in [-0.2, 0) is 12.5 Å². The molecule has 0 aliphatic carbocycles. The third-order valence-electron chi connectivity index (χ3n) is 5.08. The third-order valence-corrected chi connectivity index (χ3v) is 5.08. The minimum atomic E-state index is -3.05. The molecule has 0 atom stereocenters. The minimum Gasteiger partial charge on any atom is -0.241 e. The van der Waals surface area contributed by atoms with Crippen LogP contribution >= 0.6 is 0 Å². The Balaban J connectivity index is 1.62. The zero-order chi connectivity index (χ0) is 22.6. The van der Waals surface area contributed by atoms with Crippen LogP contribution in [0.15, 0.2) is 54.6 Å². The first-order valence-electron chi connectivity index (χ1n) is 10.4. The molecule has 0 radical (unpaired) electrons. The number of alkyl halides is 2. The van der Waals surface area contributed by atoms with Crippen LogP contribution in [0.3, 0.4) is 0 Å². The molecular formula is C23H23F2N7. The summed E-state index contributed by atoms with van der Waals surface area (Å²) in [7, 11) is 0. The average molecular weight is 435 g/mol. The van der Waals surface area contributed by atoms with Gasteiger partial charge in [-0.05, 0) is 34.4 Å². The van der Waals surface area contributed by atoms with Crippen molar-refractivity contribution in [3.8, 4) is 22.5 Å². The lowest BCUT2D eigenvalue weighted by Crippen LogP contribution is -2.14. The van der Waals surface area contributed by atoms with Gasteiger partial charge in [0, 0.05) is 12.0 Å². The van der Waals surface area contributed by atoms with Crippen molar-refractivity contribution < 1.29 is 8.78 Å². The van der Waals surface area contributed by atoms with Gasteiger partial charge in [0.1, 0.15) is 0 Å². The number of aromatic nitrogens is 7. The van der Waals surface area contributed by atoms with E-state index in [0.717, 1.165) is 28.7 Å². The Kier molecular flexibility index (Phi) is 6.16. The molecule has 164 valence electrons. The number of hydrogen-bond acceptors (Lipinski definition) is 5. The van der Waals surface area contributed by atoms with Crippen molar-refractivity contribution in [2.45, 2.75) is 39.2 Å². The summed E-state index contributed by atoms with van der Waals surface area (Å²) >= 11 is 0. The first-order chi connectivity index (χ1) is 15.5. The summed E-state index contributed by atoms with van der Waals surface area (Å²) in [5.41, 5.74) is 3.74. The van der Waals surface area contributed by atoms with Crippen LogP contribution in [0.1, 0.15) is 43.9 Å². The van der Waals surface area contributed by atoms with Crippen molar-refractivity contribution in [3.05, 3.63) is 71.8 Å². The van der Waals surface area contributed by atoms with E-state index < -0.39 is 11.7 Å². The van der Waals surface area contributed by atoms with Gasteiger partial charge in [0.25, 0.3) is 0 Å². The highest BCUT2D eigenvalue weighted by molar-refractivity contribution is 5.80. The highest BCUT2D eigenvalue weighted by Gasteiger charge is 2.34. The summed E-state index contributed by atoms with van der Waals surface area (Å²) in [4.78, 5) is 4.08. The Morgan fingerprint density at radius 2 is 1.78 bits per heavy atom. The summed E-state index contributed by atoms with van der Waals surface area (Å²) < 4.78 is 29.8.